The third kappa shape index (κ3) is 7.43. The fraction of sp³-hybridized carbons (Fsp3) is 0.400. The van der Waals surface area contributed by atoms with E-state index in [-0.39, 0.29) is 11.9 Å². The zero-order valence-electron chi connectivity index (χ0n) is 14.7. The van der Waals surface area contributed by atoms with Gasteiger partial charge in [-0.05, 0) is 56.6 Å². The van der Waals surface area contributed by atoms with Crippen molar-refractivity contribution >= 4 is 11.6 Å². The number of hydrogen-bond acceptors (Lipinski definition) is 3. The third-order valence-corrected chi connectivity index (χ3v) is 3.96. The molecular weight excluding hydrogens is 341 g/mol. The molecule has 2 aromatic carbocycles. The van der Waals surface area contributed by atoms with E-state index in [1.165, 1.54) is 17.7 Å². The molecule has 5 heteroatoms. The van der Waals surface area contributed by atoms with Crippen molar-refractivity contribution in [1.29, 1.82) is 0 Å². The van der Waals surface area contributed by atoms with Crippen LogP contribution in [0.1, 0.15) is 31.4 Å². The molecule has 136 valence electrons. The summed E-state index contributed by atoms with van der Waals surface area (Å²) in [4.78, 5) is 0. The lowest BCUT2D eigenvalue weighted by molar-refractivity contribution is 0.0770. The predicted molar refractivity (Wildman–Crippen MR) is 99.6 cm³/mol. The lowest BCUT2D eigenvalue weighted by Gasteiger charge is -2.10. The van der Waals surface area contributed by atoms with Crippen molar-refractivity contribution in [1.82, 2.24) is 5.32 Å². The van der Waals surface area contributed by atoms with Crippen LogP contribution in [0.4, 0.5) is 4.39 Å². The molecule has 0 aliphatic heterocycles. The van der Waals surface area contributed by atoms with Crippen LogP contribution < -0.4 is 10.1 Å². The van der Waals surface area contributed by atoms with Crippen LogP contribution in [0.5, 0.6) is 5.75 Å². The van der Waals surface area contributed by atoms with Gasteiger partial charge in [0.1, 0.15) is 18.2 Å². The predicted octanol–water partition coefficient (Wildman–Crippen LogP) is 4.96. The molecule has 1 N–H and O–H groups in total. The van der Waals surface area contributed by atoms with Gasteiger partial charge in [-0.25, -0.2) is 4.39 Å². The number of halogens is 2. The molecule has 0 bridgehead atoms. The molecule has 3 nitrogen and oxygen atoms in total. The normalized spacial score (nSPS) is 11.1. The largest absolute Gasteiger partial charge is 0.489 e. The standard InChI is InChI=1S/C20H25ClFNO2/c1-15(2)24-11-3-10-23-13-16-4-8-19(9-5-16)25-14-17-6-7-18(22)12-20(17)21/h4-9,12,15,23H,3,10-11,13-14H2,1-2H3. The smallest absolute Gasteiger partial charge is 0.124 e. The first-order chi connectivity index (χ1) is 12.0. The van der Waals surface area contributed by atoms with Crippen LogP contribution >= 0.6 is 11.6 Å². The van der Waals surface area contributed by atoms with Crippen LogP contribution in [-0.2, 0) is 17.9 Å². The summed E-state index contributed by atoms with van der Waals surface area (Å²) in [6, 6.07) is 12.2. The lowest BCUT2D eigenvalue weighted by Crippen LogP contribution is -2.17. The fourth-order valence-electron chi connectivity index (χ4n) is 2.25. The molecule has 2 rings (SSSR count). The summed E-state index contributed by atoms with van der Waals surface area (Å²) in [5.74, 6) is 0.413. The van der Waals surface area contributed by atoms with Gasteiger partial charge in [0, 0.05) is 18.7 Å². The molecule has 0 spiro atoms. The number of nitrogens with one attached hydrogen (secondary N) is 1. The van der Waals surface area contributed by atoms with Gasteiger partial charge in [0.25, 0.3) is 0 Å². The number of hydrogen-bond donors (Lipinski definition) is 1. The minimum atomic E-state index is -0.346. The van der Waals surface area contributed by atoms with Crippen molar-refractivity contribution in [3.8, 4) is 5.75 Å². The summed E-state index contributed by atoms with van der Waals surface area (Å²) in [6.45, 7) is 6.91. The summed E-state index contributed by atoms with van der Waals surface area (Å²) in [7, 11) is 0. The van der Waals surface area contributed by atoms with Gasteiger partial charge in [-0.15, -0.1) is 0 Å². The molecule has 0 aromatic heterocycles. The summed E-state index contributed by atoms with van der Waals surface area (Å²) >= 11 is 5.99. The van der Waals surface area contributed by atoms with Gasteiger partial charge in [0.15, 0.2) is 0 Å². The van der Waals surface area contributed by atoms with Crippen molar-refractivity contribution in [2.45, 2.75) is 39.5 Å². The Kier molecular flexibility index (Phi) is 8.19. The second-order valence-electron chi connectivity index (χ2n) is 6.12. The van der Waals surface area contributed by atoms with Crippen LogP contribution in [0.3, 0.4) is 0 Å². The summed E-state index contributed by atoms with van der Waals surface area (Å²) in [5.41, 5.74) is 1.95. The maximum Gasteiger partial charge on any atom is 0.124 e. The van der Waals surface area contributed by atoms with E-state index in [0.29, 0.717) is 11.6 Å². The molecule has 0 heterocycles. The van der Waals surface area contributed by atoms with E-state index in [4.69, 9.17) is 21.1 Å². The molecule has 0 aliphatic carbocycles. The van der Waals surface area contributed by atoms with Gasteiger partial charge in [-0.1, -0.05) is 29.8 Å². The Bertz CT molecular complexity index is 647. The average molecular weight is 366 g/mol. The fourth-order valence-corrected chi connectivity index (χ4v) is 2.47. The van der Waals surface area contributed by atoms with Crippen molar-refractivity contribution in [3.05, 3.63) is 64.4 Å². The molecule has 0 aliphatic rings. The van der Waals surface area contributed by atoms with E-state index < -0.39 is 0 Å². The van der Waals surface area contributed by atoms with Crippen molar-refractivity contribution < 1.29 is 13.9 Å². The van der Waals surface area contributed by atoms with E-state index >= 15 is 0 Å². The molecule has 0 unspecified atom stereocenters. The van der Waals surface area contributed by atoms with Gasteiger partial charge in [0.2, 0.25) is 0 Å². The number of benzene rings is 2. The molecule has 2 aromatic rings. The maximum absolute atomic E-state index is 13.0. The first-order valence-corrected chi connectivity index (χ1v) is 8.90. The van der Waals surface area contributed by atoms with Crippen molar-refractivity contribution in [2.24, 2.45) is 0 Å². The Morgan fingerprint density at radius 2 is 1.88 bits per heavy atom. The van der Waals surface area contributed by atoms with Crippen LogP contribution in [0.15, 0.2) is 42.5 Å². The van der Waals surface area contributed by atoms with E-state index in [1.54, 1.807) is 6.07 Å². The first-order valence-electron chi connectivity index (χ1n) is 8.52. The second-order valence-corrected chi connectivity index (χ2v) is 6.53. The molecule has 0 atom stereocenters. The van der Waals surface area contributed by atoms with Crippen LogP contribution in [-0.4, -0.2) is 19.3 Å². The third-order valence-electron chi connectivity index (χ3n) is 3.61. The number of ether oxygens (including phenoxy) is 2. The van der Waals surface area contributed by atoms with E-state index in [1.807, 2.05) is 38.1 Å². The highest BCUT2D eigenvalue weighted by atomic mass is 35.5. The average Bonchev–Trinajstić information content (AvgIpc) is 2.58. The highest BCUT2D eigenvalue weighted by molar-refractivity contribution is 6.31. The quantitative estimate of drug-likeness (QED) is 0.603. The first kappa shape index (κ1) is 19.7. The maximum atomic E-state index is 13.0. The Morgan fingerprint density at radius 3 is 2.56 bits per heavy atom. The van der Waals surface area contributed by atoms with E-state index in [0.717, 1.165) is 37.4 Å². The van der Waals surface area contributed by atoms with Gasteiger partial charge in [-0.2, -0.15) is 0 Å². The summed E-state index contributed by atoms with van der Waals surface area (Å²) in [5, 5.41) is 3.77. The topological polar surface area (TPSA) is 30.5 Å². The van der Waals surface area contributed by atoms with Crippen LogP contribution in [0.25, 0.3) is 0 Å². The van der Waals surface area contributed by atoms with Gasteiger partial charge in [0.05, 0.1) is 11.1 Å². The highest BCUT2D eigenvalue weighted by Gasteiger charge is 2.03. The minimum absolute atomic E-state index is 0.289. The van der Waals surface area contributed by atoms with Crippen LogP contribution in [0, 0.1) is 5.82 Å². The zero-order valence-corrected chi connectivity index (χ0v) is 15.5. The van der Waals surface area contributed by atoms with Crippen molar-refractivity contribution in [3.63, 3.8) is 0 Å². The molecule has 0 fully saturated rings. The Labute approximate surface area is 154 Å². The molecule has 25 heavy (non-hydrogen) atoms. The second kappa shape index (κ2) is 10.4. The molecule has 0 amide bonds. The van der Waals surface area contributed by atoms with Gasteiger partial charge < -0.3 is 14.8 Å². The van der Waals surface area contributed by atoms with E-state index in [2.05, 4.69) is 5.32 Å². The van der Waals surface area contributed by atoms with Crippen molar-refractivity contribution in [2.75, 3.05) is 13.2 Å². The van der Waals surface area contributed by atoms with Gasteiger partial charge >= 0.3 is 0 Å². The molecule has 0 saturated carbocycles. The lowest BCUT2D eigenvalue weighted by atomic mass is 10.2. The molecule has 0 radical (unpaired) electrons. The van der Waals surface area contributed by atoms with Crippen LogP contribution in [0.2, 0.25) is 5.02 Å². The highest BCUT2D eigenvalue weighted by Crippen LogP contribution is 2.20. The monoisotopic (exact) mass is 365 g/mol. The van der Waals surface area contributed by atoms with E-state index in [9.17, 15) is 4.39 Å². The molecular formula is C20H25ClFNO2. The Hall–Kier alpha value is -1.62. The summed E-state index contributed by atoms with van der Waals surface area (Å²) in [6.07, 6.45) is 1.29. The van der Waals surface area contributed by atoms with Gasteiger partial charge in [-0.3, -0.25) is 0 Å². The Balaban J connectivity index is 1.70. The summed E-state index contributed by atoms with van der Waals surface area (Å²) < 4.78 is 24.2. The Morgan fingerprint density at radius 1 is 1.12 bits per heavy atom. The number of rotatable bonds is 10. The zero-order chi connectivity index (χ0) is 18.1. The molecule has 0 saturated heterocycles. The SMILES string of the molecule is CC(C)OCCCNCc1ccc(OCc2ccc(F)cc2Cl)cc1. The minimum Gasteiger partial charge on any atom is -0.489 e.